The van der Waals surface area contributed by atoms with Crippen LogP contribution in [0.1, 0.15) is 19.3 Å². The van der Waals surface area contributed by atoms with E-state index in [1.165, 1.54) is 0 Å². The molecule has 0 bridgehead atoms. The van der Waals surface area contributed by atoms with Gasteiger partial charge in [0.05, 0.1) is 11.7 Å². The molecule has 4 N–H and O–H groups in total. The zero-order chi connectivity index (χ0) is 12.7. The van der Waals surface area contributed by atoms with E-state index >= 15 is 0 Å². The monoisotopic (exact) mass is 247 g/mol. The number of nitrogens with two attached hydrogens (primary N) is 2. The van der Waals surface area contributed by atoms with Gasteiger partial charge in [0.15, 0.2) is 6.61 Å². The predicted molar refractivity (Wildman–Crippen MR) is 69.4 cm³/mol. The third-order valence-corrected chi connectivity index (χ3v) is 3.73. The van der Waals surface area contributed by atoms with Crippen LogP contribution in [0.4, 0.5) is 11.4 Å². The van der Waals surface area contributed by atoms with E-state index in [-0.39, 0.29) is 24.6 Å². The molecular formula is C13H17N3O2. The van der Waals surface area contributed by atoms with Gasteiger partial charge < -0.3 is 21.1 Å². The van der Waals surface area contributed by atoms with E-state index in [1.807, 2.05) is 6.07 Å². The number of nitrogen functional groups attached to an aromatic ring is 1. The SMILES string of the molecule is Nc1ccc2c(c1)N(C1CCCC1N)C(=O)CO2. The summed E-state index contributed by atoms with van der Waals surface area (Å²) < 4.78 is 5.43. The first-order valence-corrected chi connectivity index (χ1v) is 6.27. The molecule has 18 heavy (non-hydrogen) atoms. The Morgan fingerprint density at radius 3 is 2.89 bits per heavy atom. The fourth-order valence-electron chi connectivity index (χ4n) is 2.84. The van der Waals surface area contributed by atoms with Crippen molar-refractivity contribution in [2.24, 2.45) is 5.73 Å². The summed E-state index contributed by atoms with van der Waals surface area (Å²) in [6, 6.07) is 5.49. The number of fused-ring (bicyclic) bond motifs is 1. The number of nitrogens with zero attached hydrogens (tertiary/aromatic N) is 1. The highest BCUT2D eigenvalue weighted by atomic mass is 16.5. The Balaban J connectivity index is 2.03. The van der Waals surface area contributed by atoms with Crippen LogP contribution >= 0.6 is 0 Å². The minimum absolute atomic E-state index is 0.0320. The molecule has 1 fully saturated rings. The van der Waals surface area contributed by atoms with Crippen molar-refractivity contribution in [2.75, 3.05) is 17.2 Å². The molecule has 1 saturated carbocycles. The van der Waals surface area contributed by atoms with Gasteiger partial charge in [0, 0.05) is 11.7 Å². The molecule has 2 aliphatic rings. The molecule has 2 unspecified atom stereocenters. The maximum atomic E-state index is 12.1. The van der Waals surface area contributed by atoms with Crippen molar-refractivity contribution in [3.05, 3.63) is 18.2 Å². The predicted octanol–water partition coefficient (Wildman–Crippen LogP) is 0.874. The molecule has 0 saturated heterocycles. The molecule has 1 aliphatic carbocycles. The lowest BCUT2D eigenvalue weighted by atomic mass is 10.1. The lowest BCUT2D eigenvalue weighted by Crippen LogP contribution is -2.51. The van der Waals surface area contributed by atoms with E-state index in [0.717, 1.165) is 24.9 Å². The van der Waals surface area contributed by atoms with Crippen molar-refractivity contribution in [3.63, 3.8) is 0 Å². The van der Waals surface area contributed by atoms with Crippen LogP contribution in [-0.4, -0.2) is 24.6 Å². The first-order chi connectivity index (χ1) is 8.66. The van der Waals surface area contributed by atoms with Crippen LogP contribution < -0.4 is 21.1 Å². The standard InChI is InChI=1S/C13H17N3O2/c14-8-4-5-12-11(6-8)16(13(17)7-18-12)10-3-1-2-9(10)15/h4-6,9-10H,1-3,7,14-15H2. The zero-order valence-corrected chi connectivity index (χ0v) is 10.1. The summed E-state index contributed by atoms with van der Waals surface area (Å²) >= 11 is 0. The molecule has 0 aromatic heterocycles. The van der Waals surface area contributed by atoms with Crippen molar-refractivity contribution >= 4 is 17.3 Å². The van der Waals surface area contributed by atoms with E-state index in [1.54, 1.807) is 17.0 Å². The third kappa shape index (κ3) is 1.71. The minimum Gasteiger partial charge on any atom is -0.482 e. The summed E-state index contributed by atoms with van der Waals surface area (Å²) in [5.74, 6) is 0.679. The van der Waals surface area contributed by atoms with E-state index in [2.05, 4.69) is 0 Å². The summed E-state index contributed by atoms with van der Waals surface area (Å²) in [5.41, 5.74) is 13.3. The van der Waals surface area contributed by atoms with Gasteiger partial charge in [-0.15, -0.1) is 0 Å². The van der Waals surface area contributed by atoms with Crippen LogP contribution in [-0.2, 0) is 4.79 Å². The Bertz CT molecular complexity index is 489. The summed E-state index contributed by atoms with van der Waals surface area (Å²) in [4.78, 5) is 13.9. The molecule has 5 nitrogen and oxygen atoms in total. The van der Waals surface area contributed by atoms with Crippen LogP contribution in [0.25, 0.3) is 0 Å². The third-order valence-electron chi connectivity index (χ3n) is 3.73. The van der Waals surface area contributed by atoms with Crippen LogP contribution in [0, 0.1) is 0 Å². The number of amides is 1. The Labute approximate surface area is 106 Å². The molecule has 1 aromatic rings. The lowest BCUT2D eigenvalue weighted by Gasteiger charge is -2.36. The largest absolute Gasteiger partial charge is 0.482 e. The molecule has 0 spiro atoms. The minimum atomic E-state index is -0.0320. The number of carbonyl (C=O) groups is 1. The first kappa shape index (κ1) is 11.3. The van der Waals surface area contributed by atoms with Gasteiger partial charge in [-0.25, -0.2) is 0 Å². The van der Waals surface area contributed by atoms with Gasteiger partial charge in [-0.05, 0) is 37.5 Å². The number of rotatable bonds is 1. The molecule has 1 heterocycles. The number of hydrogen-bond acceptors (Lipinski definition) is 4. The summed E-state index contributed by atoms with van der Waals surface area (Å²) in [5, 5.41) is 0. The highest BCUT2D eigenvalue weighted by Crippen LogP contribution is 2.38. The second kappa shape index (κ2) is 4.17. The fraction of sp³-hybridized carbons (Fsp3) is 0.462. The molecule has 96 valence electrons. The normalized spacial score (nSPS) is 26.9. The second-order valence-electron chi connectivity index (χ2n) is 4.94. The van der Waals surface area contributed by atoms with Gasteiger partial charge >= 0.3 is 0 Å². The Hall–Kier alpha value is -1.75. The molecule has 0 radical (unpaired) electrons. The number of benzene rings is 1. The second-order valence-corrected chi connectivity index (χ2v) is 4.94. The molecule has 5 heteroatoms. The Morgan fingerprint density at radius 1 is 1.33 bits per heavy atom. The van der Waals surface area contributed by atoms with Crippen LogP contribution in [0.15, 0.2) is 18.2 Å². The van der Waals surface area contributed by atoms with Crippen molar-refractivity contribution in [3.8, 4) is 5.75 Å². The number of hydrogen-bond donors (Lipinski definition) is 2. The van der Waals surface area contributed by atoms with Crippen LogP contribution in [0.5, 0.6) is 5.75 Å². The number of ether oxygens (including phenoxy) is 1. The molecule has 2 atom stereocenters. The Kier molecular flexibility index (Phi) is 2.63. The number of anilines is 2. The molecule has 1 aromatic carbocycles. The van der Waals surface area contributed by atoms with Gasteiger partial charge in [0.2, 0.25) is 0 Å². The number of carbonyl (C=O) groups excluding carboxylic acids is 1. The van der Waals surface area contributed by atoms with Gasteiger partial charge in [-0.3, -0.25) is 4.79 Å². The topological polar surface area (TPSA) is 81.6 Å². The lowest BCUT2D eigenvalue weighted by molar-refractivity contribution is -0.121. The Morgan fingerprint density at radius 2 is 2.17 bits per heavy atom. The summed E-state index contributed by atoms with van der Waals surface area (Å²) in [7, 11) is 0. The smallest absolute Gasteiger partial charge is 0.265 e. The van der Waals surface area contributed by atoms with Crippen molar-refractivity contribution in [1.82, 2.24) is 0 Å². The first-order valence-electron chi connectivity index (χ1n) is 6.27. The van der Waals surface area contributed by atoms with E-state index in [0.29, 0.717) is 11.4 Å². The average molecular weight is 247 g/mol. The van der Waals surface area contributed by atoms with Gasteiger partial charge in [-0.2, -0.15) is 0 Å². The van der Waals surface area contributed by atoms with E-state index < -0.39 is 0 Å². The van der Waals surface area contributed by atoms with E-state index in [9.17, 15) is 4.79 Å². The van der Waals surface area contributed by atoms with Crippen molar-refractivity contribution in [1.29, 1.82) is 0 Å². The molecule has 1 amide bonds. The zero-order valence-electron chi connectivity index (χ0n) is 10.1. The highest BCUT2D eigenvalue weighted by Gasteiger charge is 2.37. The average Bonchev–Trinajstić information content (AvgIpc) is 2.75. The van der Waals surface area contributed by atoms with Gasteiger partial charge in [-0.1, -0.05) is 0 Å². The van der Waals surface area contributed by atoms with E-state index in [4.69, 9.17) is 16.2 Å². The summed E-state index contributed by atoms with van der Waals surface area (Å²) in [6.45, 7) is 0.0835. The van der Waals surface area contributed by atoms with Crippen LogP contribution in [0.2, 0.25) is 0 Å². The van der Waals surface area contributed by atoms with Crippen molar-refractivity contribution < 1.29 is 9.53 Å². The molecule has 1 aliphatic heterocycles. The molecule has 3 rings (SSSR count). The maximum Gasteiger partial charge on any atom is 0.265 e. The molecular weight excluding hydrogens is 230 g/mol. The van der Waals surface area contributed by atoms with Gasteiger partial charge in [0.1, 0.15) is 5.75 Å². The summed E-state index contributed by atoms with van der Waals surface area (Å²) in [6.07, 6.45) is 2.97. The fourth-order valence-corrected chi connectivity index (χ4v) is 2.84. The van der Waals surface area contributed by atoms with Crippen molar-refractivity contribution in [2.45, 2.75) is 31.3 Å². The maximum absolute atomic E-state index is 12.1. The van der Waals surface area contributed by atoms with Gasteiger partial charge in [0.25, 0.3) is 5.91 Å². The van der Waals surface area contributed by atoms with Crippen LogP contribution in [0.3, 0.4) is 0 Å². The quantitative estimate of drug-likeness (QED) is 0.722. The highest BCUT2D eigenvalue weighted by molar-refractivity contribution is 5.99.